The number of aliphatic hydroxyl groups is 1. The minimum Gasteiger partial charge on any atom is -0.399 e. The standard InChI is InChI=1S/C13H16N2O3S2/c1-9-6-11(14)2-3-13(9)20(17,18)15-7-12(16)10-4-5-19-8-10/h2-6,8,12,15-16H,7,14H2,1H3. The Morgan fingerprint density at radius 3 is 2.75 bits per heavy atom. The van der Waals surface area contributed by atoms with Crippen molar-refractivity contribution in [1.29, 1.82) is 0 Å². The maximum absolute atomic E-state index is 12.2. The lowest BCUT2D eigenvalue weighted by atomic mass is 10.2. The van der Waals surface area contributed by atoms with Gasteiger partial charge in [0.25, 0.3) is 0 Å². The molecule has 0 radical (unpaired) electrons. The summed E-state index contributed by atoms with van der Waals surface area (Å²) >= 11 is 1.45. The van der Waals surface area contributed by atoms with Crippen molar-refractivity contribution in [3.05, 3.63) is 46.2 Å². The highest BCUT2D eigenvalue weighted by Gasteiger charge is 2.18. The molecule has 108 valence electrons. The lowest BCUT2D eigenvalue weighted by Crippen LogP contribution is -2.29. The van der Waals surface area contributed by atoms with E-state index in [9.17, 15) is 13.5 Å². The van der Waals surface area contributed by atoms with Crippen molar-refractivity contribution >= 4 is 27.0 Å². The summed E-state index contributed by atoms with van der Waals surface area (Å²) in [6.07, 6.45) is -0.856. The van der Waals surface area contributed by atoms with Gasteiger partial charge in [-0.05, 0) is 53.1 Å². The maximum atomic E-state index is 12.2. The number of nitrogen functional groups attached to an aromatic ring is 1. The second kappa shape index (κ2) is 5.92. The number of anilines is 1. The molecule has 0 saturated carbocycles. The first kappa shape index (κ1) is 15.0. The molecule has 4 N–H and O–H groups in total. The predicted molar refractivity (Wildman–Crippen MR) is 80.1 cm³/mol. The van der Waals surface area contributed by atoms with Crippen molar-refractivity contribution in [3.8, 4) is 0 Å². The third-order valence-electron chi connectivity index (χ3n) is 2.88. The molecule has 0 saturated heterocycles. The van der Waals surface area contributed by atoms with Crippen molar-refractivity contribution in [1.82, 2.24) is 4.72 Å². The topological polar surface area (TPSA) is 92.4 Å². The van der Waals surface area contributed by atoms with Gasteiger partial charge < -0.3 is 10.8 Å². The van der Waals surface area contributed by atoms with Crippen LogP contribution in [0.4, 0.5) is 5.69 Å². The van der Waals surface area contributed by atoms with Crippen LogP contribution in [0.2, 0.25) is 0 Å². The van der Waals surface area contributed by atoms with Crippen molar-refractivity contribution in [2.45, 2.75) is 17.9 Å². The van der Waals surface area contributed by atoms with Crippen LogP contribution in [0.15, 0.2) is 39.9 Å². The van der Waals surface area contributed by atoms with Gasteiger partial charge in [0.05, 0.1) is 11.0 Å². The number of thiophene rings is 1. The molecule has 1 aromatic carbocycles. The highest BCUT2D eigenvalue weighted by Crippen LogP contribution is 2.19. The summed E-state index contributed by atoms with van der Waals surface area (Å²) < 4.78 is 26.8. The zero-order valence-corrected chi connectivity index (χ0v) is 12.5. The van der Waals surface area contributed by atoms with Crippen LogP contribution in [0.5, 0.6) is 0 Å². The molecule has 1 unspecified atom stereocenters. The van der Waals surface area contributed by atoms with E-state index in [2.05, 4.69) is 4.72 Å². The molecule has 20 heavy (non-hydrogen) atoms. The predicted octanol–water partition coefficient (Wildman–Crippen LogP) is 1.65. The molecule has 7 heteroatoms. The van der Waals surface area contributed by atoms with Crippen molar-refractivity contribution < 1.29 is 13.5 Å². The van der Waals surface area contributed by atoms with E-state index < -0.39 is 16.1 Å². The monoisotopic (exact) mass is 312 g/mol. The summed E-state index contributed by atoms with van der Waals surface area (Å²) in [5.41, 5.74) is 7.39. The number of nitrogens with two attached hydrogens (primary N) is 1. The van der Waals surface area contributed by atoms with E-state index in [1.54, 1.807) is 24.4 Å². The third kappa shape index (κ3) is 3.37. The summed E-state index contributed by atoms with van der Waals surface area (Å²) in [5.74, 6) is 0. The number of aliphatic hydroxyl groups excluding tert-OH is 1. The van der Waals surface area contributed by atoms with Gasteiger partial charge in [-0.2, -0.15) is 11.3 Å². The third-order valence-corrected chi connectivity index (χ3v) is 5.17. The van der Waals surface area contributed by atoms with E-state index in [1.807, 2.05) is 5.38 Å². The van der Waals surface area contributed by atoms with Crippen LogP contribution in [0.3, 0.4) is 0 Å². The normalized spacial score (nSPS) is 13.3. The van der Waals surface area contributed by atoms with Crippen molar-refractivity contribution in [3.63, 3.8) is 0 Å². The Kier molecular flexibility index (Phi) is 4.44. The molecule has 0 spiro atoms. The fourth-order valence-corrected chi connectivity index (χ4v) is 3.79. The summed E-state index contributed by atoms with van der Waals surface area (Å²) in [6, 6.07) is 6.36. The SMILES string of the molecule is Cc1cc(N)ccc1S(=O)(=O)NCC(O)c1ccsc1. The van der Waals surface area contributed by atoms with Gasteiger partial charge in [0.2, 0.25) is 10.0 Å². The quantitative estimate of drug-likeness (QED) is 0.732. The molecular formula is C13H16N2O3S2. The lowest BCUT2D eigenvalue weighted by Gasteiger charge is -2.13. The number of hydrogen-bond donors (Lipinski definition) is 3. The fraction of sp³-hybridized carbons (Fsp3) is 0.231. The first-order valence-corrected chi connectivity index (χ1v) is 8.39. The lowest BCUT2D eigenvalue weighted by molar-refractivity contribution is 0.182. The Morgan fingerprint density at radius 2 is 2.15 bits per heavy atom. The smallest absolute Gasteiger partial charge is 0.240 e. The summed E-state index contributed by atoms with van der Waals surface area (Å²) in [6.45, 7) is 1.61. The van der Waals surface area contributed by atoms with Gasteiger partial charge in [0, 0.05) is 12.2 Å². The highest BCUT2D eigenvalue weighted by molar-refractivity contribution is 7.89. The first-order chi connectivity index (χ1) is 9.40. The molecule has 0 aliphatic rings. The molecule has 0 aliphatic carbocycles. The highest BCUT2D eigenvalue weighted by atomic mass is 32.2. The number of rotatable bonds is 5. The van der Waals surface area contributed by atoms with E-state index in [1.165, 1.54) is 23.5 Å². The van der Waals surface area contributed by atoms with Crippen LogP contribution in [-0.4, -0.2) is 20.1 Å². The number of nitrogens with one attached hydrogen (secondary N) is 1. The van der Waals surface area contributed by atoms with Crippen LogP contribution in [0.25, 0.3) is 0 Å². The molecule has 2 rings (SSSR count). The Labute approximate surface area is 122 Å². The van der Waals surface area contributed by atoms with E-state index in [0.717, 1.165) is 0 Å². The largest absolute Gasteiger partial charge is 0.399 e. The Hall–Kier alpha value is -1.41. The molecule has 1 atom stereocenters. The molecule has 0 aliphatic heterocycles. The van der Waals surface area contributed by atoms with Crippen LogP contribution in [-0.2, 0) is 10.0 Å². The van der Waals surface area contributed by atoms with Gasteiger partial charge in [-0.1, -0.05) is 0 Å². The molecule has 0 bridgehead atoms. The van der Waals surface area contributed by atoms with Crippen LogP contribution in [0, 0.1) is 6.92 Å². The Bertz CT molecular complexity index is 682. The number of aryl methyl sites for hydroxylation is 1. The number of benzene rings is 1. The molecular weight excluding hydrogens is 296 g/mol. The van der Waals surface area contributed by atoms with E-state index in [-0.39, 0.29) is 11.4 Å². The number of sulfonamides is 1. The van der Waals surface area contributed by atoms with Gasteiger partial charge in [-0.15, -0.1) is 0 Å². The fourth-order valence-electron chi connectivity index (χ4n) is 1.82. The van der Waals surface area contributed by atoms with E-state index in [4.69, 9.17) is 5.73 Å². The van der Waals surface area contributed by atoms with Crippen LogP contribution < -0.4 is 10.5 Å². The van der Waals surface area contributed by atoms with Gasteiger partial charge in [0.15, 0.2) is 0 Å². The zero-order chi connectivity index (χ0) is 14.8. The first-order valence-electron chi connectivity index (χ1n) is 5.96. The molecule has 0 amide bonds. The van der Waals surface area contributed by atoms with Crippen LogP contribution >= 0.6 is 11.3 Å². The van der Waals surface area contributed by atoms with E-state index in [0.29, 0.717) is 16.8 Å². The minimum atomic E-state index is -3.66. The molecule has 1 heterocycles. The van der Waals surface area contributed by atoms with Crippen molar-refractivity contribution in [2.75, 3.05) is 12.3 Å². The maximum Gasteiger partial charge on any atom is 0.240 e. The Morgan fingerprint density at radius 1 is 1.40 bits per heavy atom. The molecule has 0 fully saturated rings. The van der Waals surface area contributed by atoms with Gasteiger partial charge >= 0.3 is 0 Å². The van der Waals surface area contributed by atoms with Gasteiger partial charge in [0.1, 0.15) is 0 Å². The van der Waals surface area contributed by atoms with Crippen molar-refractivity contribution in [2.24, 2.45) is 0 Å². The molecule has 5 nitrogen and oxygen atoms in total. The average Bonchev–Trinajstić information content (AvgIpc) is 2.89. The van der Waals surface area contributed by atoms with Gasteiger partial charge in [-0.25, -0.2) is 13.1 Å². The summed E-state index contributed by atoms with van der Waals surface area (Å²) in [4.78, 5) is 0.171. The summed E-state index contributed by atoms with van der Waals surface area (Å²) in [7, 11) is -3.66. The van der Waals surface area contributed by atoms with Gasteiger partial charge in [-0.3, -0.25) is 0 Å². The van der Waals surface area contributed by atoms with E-state index >= 15 is 0 Å². The minimum absolute atomic E-state index is 0.0666. The summed E-state index contributed by atoms with van der Waals surface area (Å²) in [5, 5.41) is 13.5. The zero-order valence-electron chi connectivity index (χ0n) is 10.9. The van der Waals surface area contributed by atoms with Crippen LogP contribution in [0.1, 0.15) is 17.2 Å². The second-order valence-electron chi connectivity index (χ2n) is 4.45. The molecule has 1 aromatic heterocycles. The number of hydrogen-bond acceptors (Lipinski definition) is 5. The average molecular weight is 312 g/mol. The Balaban J connectivity index is 2.11. The second-order valence-corrected chi connectivity index (χ2v) is 6.96. The molecule has 2 aromatic rings.